The molecule has 2 rings (SSSR count). The summed E-state index contributed by atoms with van der Waals surface area (Å²) in [5, 5.41) is 3.63. The van der Waals surface area contributed by atoms with Crippen molar-refractivity contribution in [3.05, 3.63) is 29.8 Å². The lowest BCUT2D eigenvalue weighted by Crippen LogP contribution is -2.37. The number of anilines is 1. The third-order valence-corrected chi connectivity index (χ3v) is 4.48. The second-order valence-electron chi connectivity index (χ2n) is 6.04. The van der Waals surface area contributed by atoms with Gasteiger partial charge in [0.05, 0.1) is 0 Å². The molecule has 0 aromatic heterocycles. The Morgan fingerprint density at radius 2 is 1.95 bits per heavy atom. The third kappa shape index (κ3) is 3.76. The van der Waals surface area contributed by atoms with Crippen LogP contribution in [0, 0.1) is 0 Å². The Labute approximate surface area is 124 Å². The minimum absolute atomic E-state index is 0.503. The zero-order chi connectivity index (χ0) is 14.4. The Balaban J connectivity index is 2.04. The molecule has 2 heteroatoms. The first kappa shape index (κ1) is 15.4. The zero-order valence-electron chi connectivity index (χ0n) is 13.4. The highest BCUT2D eigenvalue weighted by molar-refractivity contribution is 5.49. The van der Waals surface area contributed by atoms with Crippen molar-refractivity contribution in [2.45, 2.75) is 65.0 Å². The summed E-state index contributed by atoms with van der Waals surface area (Å²) in [6.45, 7) is 9.15. The van der Waals surface area contributed by atoms with Crippen LogP contribution in [0.25, 0.3) is 0 Å². The molecule has 0 amide bonds. The van der Waals surface area contributed by atoms with E-state index < -0.39 is 0 Å². The predicted octanol–water partition coefficient (Wildman–Crippen LogP) is 4.52. The summed E-state index contributed by atoms with van der Waals surface area (Å²) in [6, 6.07) is 10.4. The quantitative estimate of drug-likeness (QED) is 0.820. The molecule has 2 nitrogen and oxygen atoms in total. The molecular weight excluding hydrogens is 244 g/mol. The van der Waals surface area contributed by atoms with Crippen molar-refractivity contribution >= 4 is 5.69 Å². The number of nitrogens with one attached hydrogen (secondary N) is 1. The number of hydrogen-bond donors (Lipinski definition) is 1. The highest BCUT2D eigenvalue weighted by atomic mass is 15.2. The fraction of sp³-hybridized carbons (Fsp3) is 0.667. The Morgan fingerprint density at radius 1 is 1.20 bits per heavy atom. The van der Waals surface area contributed by atoms with E-state index in [1.807, 2.05) is 0 Å². The van der Waals surface area contributed by atoms with E-state index in [-0.39, 0.29) is 0 Å². The van der Waals surface area contributed by atoms with Crippen molar-refractivity contribution in [2.75, 3.05) is 18.0 Å². The van der Waals surface area contributed by atoms with Crippen molar-refractivity contribution in [1.82, 2.24) is 5.32 Å². The maximum absolute atomic E-state index is 3.63. The second-order valence-corrected chi connectivity index (χ2v) is 6.04. The van der Waals surface area contributed by atoms with Crippen LogP contribution in [0.5, 0.6) is 0 Å². The van der Waals surface area contributed by atoms with Crippen molar-refractivity contribution in [3.8, 4) is 0 Å². The van der Waals surface area contributed by atoms with Crippen molar-refractivity contribution in [3.63, 3.8) is 0 Å². The molecule has 2 atom stereocenters. The summed E-state index contributed by atoms with van der Waals surface area (Å²) in [5.41, 5.74) is 2.82. The maximum atomic E-state index is 3.63. The smallest absolute Gasteiger partial charge is 0.0368 e. The highest BCUT2D eigenvalue weighted by Gasteiger charge is 2.18. The van der Waals surface area contributed by atoms with Gasteiger partial charge in [0, 0.05) is 24.3 Å². The van der Waals surface area contributed by atoms with E-state index in [9.17, 15) is 0 Å². The topological polar surface area (TPSA) is 15.3 Å². The van der Waals surface area contributed by atoms with Gasteiger partial charge in [-0.3, -0.25) is 0 Å². The normalized spacial score (nSPS) is 20.9. The van der Waals surface area contributed by atoms with Gasteiger partial charge in [-0.25, -0.2) is 0 Å². The molecule has 1 aromatic carbocycles. The zero-order valence-corrected chi connectivity index (χ0v) is 13.4. The summed E-state index contributed by atoms with van der Waals surface area (Å²) in [6.07, 6.45) is 6.40. The Morgan fingerprint density at radius 3 is 2.55 bits per heavy atom. The van der Waals surface area contributed by atoms with Gasteiger partial charge in [0.25, 0.3) is 0 Å². The summed E-state index contributed by atoms with van der Waals surface area (Å²) in [4.78, 5) is 2.56. The lowest BCUT2D eigenvalue weighted by atomic mass is 10.0. The maximum Gasteiger partial charge on any atom is 0.0368 e. The number of nitrogens with zero attached hydrogens (tertiary/aromatic N) is 1. The van der Waals surface area contributed by atoms with Crippen LogP contribution in [-0.4, -0.2) is 19.1 Å². The Bertz CT molecular complexity index is 385. The van der Waals surface area contributed by atoms with Gasteiger partial charge >= 0.3 is 0 Å². The summed E-state index contributed by atoms with van der Waals surface area (Å²) < 4.78 is 0. The van der Waals surface area contributed by atoms with Gasteiger partial charge in [0.15, 0.2) is 0 Å². The van der Waals surface area contributed by atoms with Crippen LogP contribution in [0.15, 0.2) is 24.3 Å². The molecule has 0 radical (unpaired) electrons. The first-order valence-corrected chi connectivity index (χ1v) is 8.36. The van der Waals surface area contributed by atoms with Gasteiger partial charge in [-0.05, 0) is 63.3 Å². The van der Waals surface area contributed by atoms with Crippen LogP contribution in [0.1, 0.15) is 64.5 Å². The molecule has 0 saturated carbocycles. The van der Waals surface area contributed by atoms with Gasteiger partial charge < -0.3 is 10.2 Å². The molecule has 1 saturated heterocycles. The average molecular weight is 274 g/mol. The monoisotopic (exact) mass is 274 g/mol. The van der Waals surface area contributed by atoms with E-state index in [0.29, 0.717) is 12.1 Å². The largest absolute Gasteiger partial charge is 0.369 e. The molecular formula is C18H30N2. The minimum Gasteiger partial charge on any atom is -0.369 e. The first-order chi connectivity index (χ1) is 9.76. The first-order valence-electron chi connectivity index (χ1n) is 8.36. The predicted molar refractivity (Wildman–Crippen MR) is 88.4 cm³/mol. The van der Waals surface area contributed by atoms with Crippen LogP contribution >= 0.6 is 0 Å². The SMILES string of the molecule is CCCNC(CC)c1ccc(N2CCCCC2C)cc1. The molecule has 112 valence electrons. The van der Waals surface area contributed by atoms with Crippen molar-refractivity contribution in [2.24, 2.45) is 0 Å². The molecule has 1 aliphatic heterocycles. The average Bonchev–Trinajstić information content (AvgIpc) is 2.49. The lowest BCUT2D eigenvalue weighted by molar-refractivity contribution is 0.484. The number of hydrogen-bond acceptors (Lipinski definition) is 2. The molecule has 20 heavy (non-hydrogen) atoms. The number of benzene rings is 1. The summed E-state index contributed by atoms with van der Waals surface area (Å²) >= 11 is 0. The van der Waals surface area contributed by atoms with Crippen LogP contribution in [0.4, 0.5) is 5.69 Å². The van der Waals surface area contributed by atoms with Crippen LogP contribution in [-0.2, 0) is 0 Å². The summed E-state index contributed by atoms with van der Waals surface area (Å²) in [5.74, 6) is 0. The minimum atomic E-state index is 0.503. The van der Waals surface area contributed by atoms with Gasteiger partial charge in [0.1, 0.15) is 0 Å². The Kier molecular flexibility index (Phi) is 5.90. The number of piperidine rings is 1. The van der Waals surface area contributed by atoms with E-state index in [1.54, 1.807) is 0 Å². The second kappa shape index (κ2) is 7.68. The van der Waals surface area contributed by atoms with E-state index in [2.05, 4.69) is 55.3 Å². The summed E-state index contributed by atoms with van der Waals surface area (Å²) in [7, 11) is 0. The molecule has 1 aliphatic rings. The van der Waals surface area contributed by atoms with E-state index in [1.165, 1.54) is 43.5 Å². The lowest BCUT2D eigenvalue weighted by Gasteiger charge is -2.35. The molecule has 1 fully saturated rings. The molecule has 1 heterocycles. The number of rotatable bonds is 6. The van der Waals surface area contributed by atoms with Gasteiger partial charge in [-0.1, -0.05) is 26.0 Å². The molecule has 1 aromatic rings. The molecule has 0 aliphatic carbocycles. The van der Waals surface area contributed by atoms with Gasteiger partial charge in [-0.2, -0.15) is 0 Å². The van der Waals surface area contributed by atoms with Crippen LogP contribution in [0.2, 0.25) is 0 Å². The van der Waals surface area contributed by atoms with Crippen molar-refractivity contribution < 1.29 is 0 Å². The molecule has 1 N–H and O–H groups in total. The Hall–Kier alpha value is -1.02. The fourth-order valence-electron chi connectivity index (χ4n) is 3.20. The molecule has 0 spiro atoms. The van der Waals surface area contributed by atoms with Gasteiger partial charge in [-0.15, -0.1) is 0 Å². The van der Waals surface area contributed by atoms with E-state index in [4.69, 9.17) is 0 Å². The van der Waals surface area contributed by atoms with E-state index >= 15 is 0 Å². The standard InChI is InChI=1S/C18H30N2/c1-4-13-19-18(5-2)16-9-11-17(12-10-16)20-14-7-6-8-15(20)3/h9-12,15,18-19H,4-8,13-14H2,1-3H3. The van der Waals surface area contributed by atoms with Crippen LogP contribution < -0.4 is 10.2 Å². The molecule has 0 bridgehead atoms. The van der Waals surface area contributed by atoms with Crippen LogP contribution in [0.3, 0.4) is 0 Å². The van der Waals surface area contributed by atoms with E-state index in [0.717, 1.165) is 13.0 Å². The highest BCUT2D eigenvalue weighted by Crippen LogP contribution is 2.26. The molecule has 2 unspecified atom stereocenters. The third-order valence-electron chi connectivity index (χ3n) is 4.48. The van der Waals surface area contributed by atoms with Crippen molar-refractivity contribution in [1.29, 1.82) is 0 Å². The fourth-order valence-corrected chi connectivity index (χ4v) is 3.20. The van der Waals surface area contributed by atoms with Gasteiger partial charge in [0.2, 0.25) is 0 Å².